The van der Waals surface area contributed by atoms with Crippen LogP contribution in [0.1, 0.15) is 69.5 Å². The molecule has 1 fully saturated rings. The summed E-state index contributed by atoms with van der Waals surface area (Å²) in [6, 6.07) is 0. The summed E-state index contributed by atoms with van der Waals surface area (Å²) in [7, 11) is 0. The molecule has 1 aromatic rings. The fourth-order valence-electron chi connectivity index (χ4n) is 2.62. The van der Waals surface area contributed by atoms with E-state index in [1.807, 2.05) is 6.92 Å². The predicted molar refractivity (Wildman–Crippen MR) is 68.1 cm³/mol. The van der Waals surface area contributed by atoms with Gasteiger partial charge >= 0.3 is 0 Å². The first kappa shape index (κ1) is 12.9. The molecular weight excluding hydrogens is 236 g/mol. The second-order valence-electron chi connectivity index (χ2n) is 5.46. The zero-order valence-corrected chi connectivity index (χ0v) is 11.6. The van der Waals surface area contributed by atoms with Crippen LogP contribution in [-0.4, -0.2) is 10.1 Å². The average Bonchev–Trinajstić information content (AvgIpc) is 2.78. The minimum absolute atomic E-state index is 0.191. The Balaban J connectivity index is 1.96. The molecule has 1 heterocycles. The van der Waals surface area contributed by atoms with E-state index in [0.29, 0.717) is 11.8 Å². The minimum atomic E-state index is -0.191. The highest BCUT2D eigenvalue weighted by Gasteiger charge is 2.27. The lowest BCUT2D eigenvalue weighted by Gasteiger charge is -2.29. The van der Waals surface area contributed by atoms with Gasteiger partial charge in [0.1, 0.15) is 5.38 Å². The first-order valence-corrected chi connectivity index (χ1v) is 6.99. The molecule has 0 aliphatic heterocycles. The first-order valence-electron chi connectivity index (χ1n) is 6.55. The van der Waals surface area contributed by atoms with Crippen LogP contribution in [0.3, 0.4) is 0 Å². The SMILES string of the molecule is CC(Cl)c1nc(C2CCC(C(C)C)CC2)no1. The smallest absolute Gasteiger partial charge is 0.244 e. The van der Waals surface area contributed by atoms with E-state index in [-0.39, 0.29) is 5.38 Å². The first-order chi connectivity index (χ1) is 8.08. The number of nitrogens with zero attached hydrogens (tertiary/aromatic N) is 2. The summed E-state index contributed by atoms with van der Waals surface area (Å²) in [6.07, 6.45) is 4.92. The van der Waals surface area contributed by atoms with Crippen LogP contribution < -0.4 is 0 Å². The van der Waals surface area contributed by atoms with Gasteiger partial charge in [-0.15, -0.1) is 11.6 Å². The lowest BCUT2D eigenvalue weighted by molar-refractivity contribution is 0.251. The maximum absolute atomic E-state index is 5.92. The Morgan fingerprint density at radius 2 is 1.82 bits per heavy atom. The molecule has 1 atom stereocenters. The molecule has 1 aliphatic rings. The maximum Gasteiger partial charge on any atom is 0.244 e. The lowest BCUT2D eigenvalue weighted by Crippen LogP contribution is -2.18. The molecule has 2 rings (SSSR count). The van der Waals surface area contributed by atoms with Gasteiger partial charge in [0.05, 0.1) is 0 Å². The van der Waals surface area contributed by atoms with Crippen molar-refractivity contribution in [2.75, 3.05) is 0 Å². The second-order valence-corrected chi connectivity index (χ2v) is 6.12. The fraction of sp³-hybridized carbons (Fsp3) is 0.846. The molecule has 1 unspecified atom stereocenters. The van der Waals surface area contributed by atoms with Crippen molar-refractivity contribution in [2.24, 2.45) is 11.8 Å². The maximum atomic E-state index is 5.92. The summed E-state index contributed by atoms with van der Waals surface area (Å²) >= 11 is 5.92. The Kier molecular flexibility index (Phi) is 4.08. The van der Waals surface area contributed by atoms with Crippen LogP contribution in [0.5, 0.6) is 0 Å². The molecule has 0 radical (unpaired) electrons. The third kappa shape index (κ3) is 3.01. The Bertz CT molecular complexity index is 354. The molecular formula is C13H21ClN2O. The van der Waals surface area contributed by atoms with E-state index in [1.54, 1.807) is 0 Å². The number of halogens is 1. The largest absolute Gasteiger partial charge is 0.338 e. The predicted octanol–water partition coefficient (Wildman–Crippen LogP) is 4.30. The Morgan fingerprint density at radius 1 is 1.18 bits per heavy atom. The van der Waals surface area contributed by atoms with Gasteiger partial charge in [-0.3, -0.25) is 0 Å². The van der Waals surface area contributed by atoms with Gasteiger partial charge in [0.25, 0.3) is 0 Å². The van der Waals surface area contributed by atoms with Gasteiger partial charge in [-0.2, -0.15) is 4.98 Å². The fourth-order valence-corrected chi connectivity index (χ4v) is 2.71. The number of rotatable bonds is 3. The number of alkyl halides is 1. The van der Waals surface area contributed by atoms with Crippen molar-refractivity contribution in [1.29, 1.82) is 0 Å². The molecule has 1 aliphatic carbocycles. The summed E-state index contributed by atoms with van der Waals surface area (Å²) in [5.74, 6) is 3.53. The third-order valence-electron chi connectivity index (χ3n) is 3.88. The van der Waals surface area contributed by atoms with E-state index in [1.165, 1.54) is 25.7 Å². The zero-order chi connectivity index (χ0) is 12.4. The van der Waals surface area contributed by atoms with Gasteiger partial charge in [0, 0.05) is 5.92 Å². The number of hydrogen-bond donors (Lipinski definition) is 0. The summed E-state index contributed by atoms with van der Waals surface area (Å²) < 4.78 is 5.16. The molecule has 0 amide bonds. The van der Waals surface area contributed by atoms with E-state index in [2.05, 4.69) is 24.0 Å². The van der Waals surface area contributed by atoms with E-state index in [4.69, 9.17) is 16.1 Å². The zero-order valence-electron chi connectivity index (χ0n) is 10.8. The monoisotopic (exact) mass is 256 g/mol. The van der Waals surface area contributed by atoms with Crippen molar-refractivity contribution >= 4 is 11.6 Å². The molecule has 0 spiro atoms. The van der Waals surface area contributed by atoms with Gasteiger partial charge in [-0.25, -0.2) is 0 Å². The van der Waals surface area contributed by atoms with Crippen molar-refractivity contribution in [1.82, 2.24) is 10.1 Å². The molecule has 3 nitrogen and oxygen atoms in total. The van der Waals surface area contributed by atoms with Crippen LogP contribution >= 0.6 is 11.6 Å². The minimum Gasteiger partial charge on any atom is -0.338 e. The van der Waals surface area contributed by atoms with Crippen LogP contribution in [0.4, 0.5) is 0 Å². The molecule has 1 saturated carbocycles. The summed E-state index contributed by atoms with van der Waals surface area (Å²) in [6.45, 7) is 6.48. The van der Waals surface area contributed by atoms with E-state index < -0.39 is 0 Å². The van der Waals surface area contributed by atoms with Crippen molar-refractivity contribution in [2.45, 2.75) is 57.7 Å². The molecule has 0 saturated heterocycles. The van der Waals surface area contributed by atoms with Crippen LogP contribution in [0.2, 0.25) is 0 Å². The topological polar surface area (TPSA) is 38.9 Å². The molecule has 1 aromatic heterocycles. The van der Waals surface area contributed by atoms with Crippen molar-refractivity contribution in [3.05, 3.63) is 11.7 Å². The Hall–Kier alpha value is -0.570. The van der Waals surface area contributed by atoms with Gasteiger partial charge in [-0.1, -0.05) is 19.0 Å². The third-order valence-corrected chi connectivity index (χ3v) is 4.06. The lowest BCUT2D eigenvalue weighted by atomic mass is 9.77. The standard InChI is InChI=1S/C13H21ClN2O/c1-8(2)10-4-6-11(7-5-10)12-15-13(9(3)14)17-16-12/h8-11H,4-7H2,1-3H3. The van der Waals surface area contributed by atoms with Crippen molar-refractivity contribution in [3.8, 4) is 0 Å². The number of hydrogen-bond acceptors (Lipinski definition) is 3. The summed E-state index contributed by atoms with van der Waals surface area (Å²) in [5, 5.41) is 3.87. The molecule has 17 heavy (non-hydrogen) atoms. The van der Waals surface area contributed by atoms with Crippen molar-refractivity contribution < 1.29 is 4.52 Å². The highest BCUT2D eigenvalue weighted by molar-refractivity contribution is 6.20. The van der Waals surface area contributed by atoms with Crippen LogP contribution in [0, 0.1) is 11.8 Å². The highest BCUT2D eigenvalue weighted by atomic mass is 35.5. The normalized spacial score (nSPS) is 27.4. The van der Waals surface area contributed by atoms with E-state index in [9.17, 15) is 0 Å². The number of aromatic nitrogens is 2. The van der Waals surface area contributed by atoms with Crippen LogP contribution in [0.15, 0.2) is 4.52 Å². The molecule has 0 bridgehead atoms. The molecule has 0 aromatic carbocycles. The summed E-state index contributed by atoms with van der Waals surface area (Å²) in [5.41, 5.74) is 0. The molecule has 96 valence electrons. The van der Waals surface area contributed by atoms with Crippen LogP contribution in [0.25, 0.3) is 0 Å². The quantitative estimate of drug-likeness (QED) is 0.757. The van der Waals surface area contributed by atoms with Crippen LogP contribution in [-0.2, 0) is 0 Å². The van der Waals surface area contributed by atoms with E-state index >= 15 is 0 Å². The Morgan fingerprint density at radius 3 is 2.29 bits per heavy atom. The van der Waals surface area contributed by atoms with Gasteiger partial charge in [-0.05, 0) is 44.4 Å². The molecule has 4 heteroatoms. The van der Waals surface area contributed by atoms with Gasteiger partial charge < -0.3 is 4.52 Å². The highest BCUT2D eigenvalue weighted by Crippen LogP contribution is 2.37. The second kappa shape index (κ2) is 5.38. The van der Waals surface area contributed by atoms with E-state index in [0.717, 1.165) is 17.7 Å². The molecule has 0 N–H and O–H groups in total. The van der Waals surface area contributed by atoms with Gasteiger partial charge in [0.2, 0.25) is 5.89 Å². The average molecular weight is 257 g/mol. The summed E-state index contributed by atoms with van der Waals surface area (Å²) in [4.78, 5) is 4.39. The van der Waals surface area contributed by atoms with Crippen molar-refractivity contribution in [3.63, 3.8) is 0 Å². The Labute approximate surface area is 108 Å². The van der Waals surface area contributed by atoms with Gasteiger partial charge in [0.15, 0.2) is 5.82 Å².